The lowest BCUT2D eigenvalue weighted by molar-refractivity contribution is 0.198. The second kappa shape index (κ2) is 11.7. The number of aromatic nitrogens is 2. The van der Waals surface area contributed by atoms with Gasteiger partial charge in [0.2, 0.25) is 5.95 Å². The van der Waals surface area contributed by atoms with Crippen LogP contribution in [0.2, 0.25) is 0 Å². The summed E-state index contributed by atoms with van der Waals surface area (Å²) in [5.74, 6) is 1.34. The molecule has 2 aliphatic rings. The number of hydrogen-bond donors (Lipinski definition) is 2. The highest BCUT2D eigenvalue weighted by molar-refractivity contribution is 7.99. The summed E-state index contributed by atoms with van der Waals surface area (Å²) < 4.78 is 11.7. The zero-order valence-corrected chi connectivity index (χ0v) is 20.4. The number of amides is 2. The van der Waals surface area contributed by atoms with Crippen LogP contribution in [0.15, 0.2) is 72.2 Å². The Morgan fingerprint density at radius 2 is 2.21 bits per heavy atom. The number of fused-ring (bicyclic) bond motifs is 2. The first-order valence-electron chi connectivity index (χ1n) is 11.1. The van der Waals surface area contributed by atoms with Gasteiger partial charge in [-0.05, 0) is 37.1 Å². The first kappa shape index (κ1) is 25.3. The lowest BCUT2D eigenvalue weighted by Crippen LogP contribution is -2.41. The molecule has 1 aromatic carbocycles. The van der Waals surface area contributed by atoms with Crippen LogP contribution in [-0.2, 0) is 6.42 Å². The van der Waals surface area contributed by atoms with Gasteiger partial charge in [0.1, 0.15) is 5.83 Å². The van der Waals surface area contributed by atoms with E-state index in [0.717, 1.165) is 60.7 Å². The van der Waals surface area contributed by atoms with Crippen molar-refractivity contribution in [2.45, 2.75) is 30.7 Å². The van der Waals surface area contributed by atoms with E-state index in [2.05, 4.69) is 41.3 Å². The number of carbonyl (C=O) groups is 1. The normalized spacial score (nSPS) is 16.6. The molecule has 1 atom stereocenters. The van der Waals surface area contributed by atoms with Gasteiger partial charge in [0.25, 0.3) is 0 Å². The lowest BCUT2D eigenvalue weighted by atomic mass is 9.98. The minimum absolute atomic E-state index is 0.0532. The minimum atomic E-state index is -0.553. The Balaban J connectivity index is 0.000000350. The number of thioether (sulfide) groups is 1. The van der Waals surface area contributed by atoms with Crippen molar-refractivity contribution in [3.8, 4) is 0 Å². The molecule has 3 heterocycles. The number of nitrogens with zero attached hydrogens (tertiary/aromatic N) is 4. The maximum absolute atomic E-state index is 12.3. The van der Waals surface area contributed by atoms with Crippen LogP contribution < -0.4 is 16.0 Å². The van der Waals surface area contributed by atoms with Crippen LogP contribution in [0.3, 0.4) is 0 Å². The van der Waals surface area contributed by atoms with E-state index >= 15 is 0 Å². The van der Waals surface area contributed by atoms with Crippen molar-refractivity contribution < 1.29 is 9.18 Å². The summed E-state index contributed by atoms with van der Waals surface area (Å²) in [5.41, 5.74) is 8.65. The van der Waals surface area contributed by atoms with Crippen molar-refractivity contribution in [1.82, 2.24) is 14.9 Å². The van der Waals surface area contributed by atoms with Gasteiger partial charge in [0, 0.05) is 54.8 Å². The number of anilines is 2. The SMILES string of the molecule is C=C/C(N)=C\C(=C)F.CCN(CCC1c2ccccc2NC(=O)N1C)c1ncc2c(n1)CCS2. The monoisotopic (exact) mass is 482 g/mol. The average Bonchev–Trinajstić information content (AvgIpc) is 3.29. The third-order valence-electron chi connectivity index (χ3n) is 5.66. The largest absolute Gasteiger partial charge is 0.399 e. The fourth-order valence-electron chi connectivity index (χ4n) is 3.83. The first-order valence-corrected chi connectivity index (χ1v) is 12.1. The molecule has 2 amide bonds. The molecule has 0 fully saturated rings. The molecule has 2 aliphatic heterocycles. The van der Waals surface area contributed by atoms with Crippen molar-refractivity contribution in [3.05, 3.63) is 78.6 Å². The molecular formula is C25H31FN6OS. The number of nitrogens with one attached hydrogen (secondary N) is 1. The van der Waals surface area contributed by atoms with Crippen molar-refractivity contribution in [3.63, 3.8) is 0 Å². The molecule has 1 unspecified atom stereocenters. The molecule has 0 saturated carbocycles. The van der Waals surface area contributed by atoms with Crippen LogP contribution in [-0.4, -0.2) is 46.8 Å². The predicted octanol–water partition coefficient (Wildman–Crippen LogP) is 5.06. The van der Waals surface area contributed by atoms with Gasteiger partial charge < -0.3 is 20.9 Å². The predicted molar refractivity (Wildman–Crippen MR) is 138 cm³/mol. The number of allylic oxidation sites excluding steroid dienone is 3. The number of urea groups is 1. The van der Waals surface area contributed by atoms with Crippen LogP contribution in [0.5, 0.6) is 0 Å². The number of nitrogens with two attached hydrogens (primary N) is 1. The van der Waals surface area contributed by atoms with Gasteiger partial charge >= 0.3 is 6.03 Å². The number of para-hydroxylation sites is 1. The molecule has 7 nitrogen and oxygen atoms in total. The first-order chi connectivity index (χ1) is 16.3. The number of aryl methyl sites for hydroxylation is 1. The zero-order valence-electron chi connectivity index (χ0n) is 19.6. The van der Waals surface area contributed by atoms with E-state index in [1.54, 1.807) is 4.90 Å². The molecule has 0 bridgehead atoms. The van der Waals surface area contributed by atoms with Crippen molar-refractivity contribution in [2.75, 3.05) is 36.1 Å². The summed E-state index contributed by atoms with van der Waals surface area (Å²) in [7, 11) is 1.86. The lowest BCUT2D eigenvalue weighted by Gasteiger charge is -2.36. The molecule has 0 aliphatic carbocycles. The molecule has 3 N–H and O–H groups in total. The Morgan fingerprint density at radius 3 is 2.88 bits per heavy atom. The van der Waals surface area contributed by atoms with E-state index in [9.17, 15) is 9.18 Å². The molecule has 0 radical (unpaired) electrons. The third-order valence-corrected chi connectivity index (χ3v) is 6.72. The summed E-state index contributed by atoms with van der Waals surface area (Å²) in [4.78, 5) is 26.8. The van der Waals surface area contributed by atoms with Gasteiger partial charge in [0.05, 0.1) is 11.7 Å². The molecule has 180 valence electrons. The second-order valence-electron chi connectivity index (χ2n) is 7.89. The summed E-state index contributed by atoms with van der Waals surface area (Å²) >= 11 is 1.83. The molecular weight excluding hydrogens is 451 g/mol. The number of benzene rings is 1. The summed E-state index contributed by atoms with van der Waals surface area (Å²) in [6.07, 6.45) is 6.27. The van der Waals surface area contributed by atoms with E-state index in [-0.39, 0.29) is 17.8 Å². The highest BCUT2D eigenvalue weighted by atomic mass is 32.2. The number of hydrogen-bond acceptors (Lipinski definition) is 6. The highest BCUT2D eigenvalue weighted by Crippen LogP contribution is 2.34. The summed E-state index contributed by atoms with van der Waals surface area (Å²) in [5, 5.41) is 2.95. The Labute approximate surface area is 204 Å². The zero-order chi connectivity index (χ0) is 24.7. The molecule has 2 aromatic rings. The maximum Gasteiger partial charge on any atom is 0.322 e. The van der Waals surface area contributed by atoms with Crippen LogP contribution in [0, 0.1) is 0 Å². The highest BCUT2D eigenvalue weighted by Gasteiger charge is 2.29. The van der Waals surface area contributed by atoms with Crippen molar-refractivity contribution in [1.29, 1.82) is 0 Å². The van der Waals surface area contributed by atoms with Crippen LogP contribution in [0.1, 0.15) is 30.6 Å². The summed E-state index contributed by atoms with van der Waals surface area (Å²) in [6.45, 7) is 10.1. The molecule has 9 heteroatoms. The van der Waals surface area contributed by atoms with Gasteiger partial charge in [-0.15, -0.1) is 11.8 Å². The van der Waals surface area contributed by atoms with Crippen LogP contribution in [0.25, 0.3) is 0 Å². The average molecular weight is 483 g/mol. The van der Waals surface area contributed by atoms with E-state index in [1.165, 1.54) is 11.0 Å². The van der Waals surface area contributed by atoms with Gasteiger partial charge in [-0.1, -0.05) is 31.4 Å². The maximum atomic E-state index is 12.3. The standard InChI is InChI=1S/C19H23N5OS.C6H8FN/c1-3-24(18-20-12-17-15(21-18)9-11-26-17)10-8-16-13-6-4-5-7-14(13)22-19(25)23(16)2;1-3-6(8)4-5(2)7/h4-7,12,16H,3,8-11H2,1-2H3,(H,22,25);3-4H,1-2,8H2/b;6-4+. The number of carbonyl (C=O) groups excluding carboxylic acids is 1. The van der Waals surface area contributed by atoms with Crippen molar-refractivity contribution >= 4 is 29.4 Å². The van der Waals surface area contributed by atoms with E-state index in [1.807, 2.05) is 43.2 Å². The topological polar surface area (TPSA) is 87.4 Å². The van der Waals surface area contributed by atoms with E-state index in [0.29, 0.717) is 0 Å². The molecule has 1 aromatic heterocycles. The molecule has 0 spiro atoms. The van der Waals surface area contributed by atoms with Gasteiger partial charge in [-0.25, -0.2) is 19.2 Å². The van der Waals surface area contributed by atoms with Crippen LogP contribution >= 0.6 is 11.8 Å². The summed E-state index contributed by atoms with van der Waals surface area (Å²) in [6, 6.07) is 8.04. The van der Waals surface area contributed by atoms with Crippen LogP contribution in [0.4, 0.5) is 20.8 Å². The number of rotatable bonds is 7. The van der Waals surface area contributed by atoms with Gasteiger partial charge in [-0.3, -0.25) is 0 Å². The Bertz CT molecular complexity index is 1090. The molecule has 34 heavy (non-hydrogen) atoms. The van der Waals surface area contributed by atoms with Gasteiger partial charge in [-0.2, -0.15) is 0 Å². The van der Waals surface area contributed by atoms with E-state index < -0.39 is 5.83 Å². The molecule has 4 rings (SSSR count). The van der Waals surface area contributed by atoms with Crippen molar-refractivity contribution in [2.24, 2.45) is 5.73 Å². The quantitative estimate of drug-likeness (QED) is 0.537. The number of halogens is 1. The fraction of sp³-hybridized carbons (Fsp3) is 0.320. The fourth-order valence-corrected chi connectivity index (χ4v) is 4.78. The van der Waals surface area contributed by atoms with E-state index in [4.69, 9.17) is 10.7 Å². The third kappa shape index (κ3) is 6.17. The minimum Gasteiger partial charge on any atom is -0.399 e. The Kier molecular flexibility index (Phi) is 8.70. The Morgan fingerprint density at radius 1 is 1.44 bits per heavy atom. The Hall–Kier alpha value is -3.33. The smallest absolute Gasteiger partial charge is 0.322 e. The second-order valence-corrected chi connectivity index (χ2v) is 9.02. The molecule has 0 saturated heterocycles. The van der Waals surface area contributed by atoms with Gasteiger partial charge in [0.15, 0.2) is 0 Å².